The predicted octanol–water partition coefficient (Wildman–Crippen LogP) is 3.05. The normalized spacial score (nSPS) is 17.6. The average molecular weight is 507 g/mol. The van der Waals surface area contributed by atoms with Gasteiger partial charge in [0, 0.05) is 25.5 Å². The van der Waals surface area contributed by atoms with Crippen LogP contribution in [0.1, 0.15) is 53.4 Å². The van der Waals surface area contributed by atoms with Crippen LogP contribution < -0.4 is 0 Å². The van der Waals surface area contributed by atoms with Crippen molar-refractivity contribution < 1.29 is 47.3 Å². The van der Waals surface area contributed by atoms with Crippen molar-refractivity contribution in [1.29, 1.82) is 0 Å². The molecule has 6 atom stereocenters. The van der Waals surface area contributed by atoms with Gasteiger partial charge < -0.3 is 38.2 Å². The summed E-state index contributed by atoms with van der Waals surface area (Å²) in [5, 5.41) is 18.7. The number of aliphatic hydroxyl groups is 2. The molecule has 0 radical (unpaired) electrons. The van der Waals surface area contributed by atoms with Gasteiger partial charge in [-0.3, -0.25) is 9.13 Å². The summed E-state index contributed by atoms with van der Waals surface area (Å²) in [5.41, 5.74) is 0. The van der Waals surface area contributed by atoms with Gasteiger partial charge in [-0.15, -0.1) is 0 Å². The van der Waals surface area contributed by atoms with Gasteiger partial charge in [0.05, 0.1) is 25.4 Å². The van der Waals surface area contributed by atoms with E-state index in [2.05, 4.69) is 0 Å². The third-order valence-corrected chi connectivity index (χ3v) is 6.63. The van der Waals surface area contributed by atoms with E-state index in [0.29, 0.717) is 25.5 Å². The van der Waals surface area contributed by atoms with Gasteiger partial charge in [0.25, 0.3) is 0 Å². The molecule has 0 aliphatic heterocycles. The molecule has 0 fully saturated rings. The fourth-order valence-electron chi connectivity index (χ4n) is 2.52. The summed E-state index contributed by atoms with van der Waals surface area (Å²) < 4.78 is 55.7. The summed E-state index contributed by atoms with van der Waals surface area (Å²) in [6.07, 6.45) is 1.79. The smallest absolute Gasteiger partial charge is 0.191 e. The van der Waals surface area contributed by atoms with E-state index in [1.165, 1.54) is 0 Å². The number of unbranched alkanes of at least 4 members (excludes halogenated alkanes) is 3. The standard InChI is InChI=1S/C20H44O10P2/c1-5-25-19(22)15-28-20(26-6-2)16-30-32(24)12-10-8-7-9-11-31(23)29-14-18(4)27-13-17(3)21/h17-22,31-32H,5-16H2,1-4H3. The molecule has 10 nitrogen and oxygen atoms in total. The Hall–Kier alpha value is 0.140. The fraction of sp³-hybridized carbons (Fsp3) is 1.00. The van der Waals surface area contributed by atoms with E-state index >= 15 is 0 Å². The second-order valence-electron chi connectivity index (χ2n) is 7.40. The topological polar surface area (TPSA) is 130 Å². The van der Waals surface area contributed by atoms with Crippen LogP contribution in [0.5, 0.6) is 0 Å². The number of hydrogen-bond donors (Lipinski definition) is 2. The first-order chi connectivity index (χ1) is 15.3. The minimum Gasteiger partial charge on any atom is -0.391 e. The summed E-state index contributed by atoms with van der Waals surface area (Å²) in [4.78, 5) is 0. The van der Waals surface area contributed by atoms with Gasteiger partial charge in [-0.05, 0) is 40.5 Å². The maximum atomic E-state index is 12.1. The Morgan fingerprint density at radius 2 is 1.25 bits per heavy atom. The average Bonchev–Trinajstić information content (AvgIpc) is 2.75. The van der Waals surface area contributed by atoms with E-state index in [9.17, 15) is 14.2 Å². The van der Waals surface area contributed by atoms with Crippen molar-refractivity contribution in [2.24, 2.45) is 0 Å². The number of rotatable bonds is 23. The zero-order valence-electron chi connectivity index (χ0n) is 20.0. The molecule has 0 aliphatic carbocycles. The molecule has 194 valence electrons. The van der Waals surface area contributed by atoms with Gasteiger partial charge in [-0.2, -0.15) is 0 Å². The highest BCUT2D eigenvalue weighted by atomic mass is 31.1. The summed E-state index contributed by atoms with van der Waals surface area (Å²) in [6.45, 7) is 8.27. The van der Waals surface area contributed by atoms with Gasteiger partial charge in [-0.1, -0.05) is 12.8 Å². The van der Waals surface area contributed by atoms with E-state index in [1.54, 1.807) is 13.8 Å². The van der Waals surface area contributed by atoms with Crippen LogP contribution in [0, 0.1) is 0 Å². The van der Waals surface area contributed by atoms with E-state index in [1.807, 2.05) is 13.8 Å². The highest BCUT2D eigenvalue weighted by molar-refractivity contribution is 7.39. The minimum absolute atomic E-state index is 0.0309. The Labute approximate surface area is 194 Å². The molecule has 2 N–H and O–H groups in total. The van der Waals surface area contributed by atoms with Crippen molar-refractivity contribution in [2.45, 2.75) is 78.2 Å². The van der Waals surface area contributed by atoms with Crippen molar-refractivity contribution >= 4 is 16.1 Å². The van der Waals surface area contributed by atoms with Gasteiger partial charge >= 0.3 is 0 Å². The van der Waals surface area contributed by atoms with Crippen molar-refractivity contribution in [3.63, 3.8) is 0 Å². The van der Waals surface area contributed by atoms with Crippen LogP contribution in [-0.2, 0) is 37.1 Å². The second kappa shape index (κ2) is 21.7. The molecule has 0 rings (SSSR count). The van der Waals surface area contributed by atoms with Crippen molar-refractivity contribution in [3.8, 4) is 0 Å². The lowest BCUT2D eigenvalue weighted by Gasteiger charge is -2.19. The summed E-state index contributed by atoms with van der Waals surface area (Å²) in [7, 11) is -4.29. The highest BCUT2D eigenvalue weighted by Gasteiger charge is 2.14. The summed E-state index contributed by atoms with van der Waals surface area (Å²) >= 11 is 0. The lowest BCUT2D eigenvalue weighted by atomic mass is 10.2. The molecule has 0 aliphatic rings. The molecule has 0 saturated heterocycles. The van der Waals surface area contributed by atoms with Crippen molar-refractivity contribution in [1.82, 2.24) is 0 Å². The van der Waals surface area contributed by atoms with E-state index in [4.69, 9.17) is 33.1 Å². The first kappa shape index (κ1) is 32.1. The number of ether oxygens (including phenoxy) is 4. The number of hydrogen-bond acceptors (Lipinski definition) is 10. The van der Waals surface area contributed by atoms with Crippen molar-refractivity contribution in [2.75, 3.05) is 52.0 Å². The third-order valence-electron chi connectivity index (χ3n) is 4.13. The molecule has 0 aromatic rings. The first-order valence-electron chi connectivity index (χ1n) is 11.4. The summed E-state index contributed by atoms with van der Waals surface area (Å²) in [5.74, 6) is 0. The highest BCUT2D eigenvalue weighted by Crippen LogP contribution is 2.27. The molecule has 6 unspecified atom stereocenters. The van der Waals surface area contributed by atoms with E-state index in [-0.39, 0.29) is 32.5 Å². The van der Waals surface area contributed by atoms with Crippen LogP contribution in [0.25, 0.3) is 0 Å². The molecule has 0 aromatic heterocycles. The molecular weight excluding hydrogens is 462 g/mol. The van der Waals surface area contributed by atoms with Crippen LogP contribution >= 0.6 is 16.1 Å². The van der Waals surface area contributed by atoms with E-state index in [0.717, 1.165) is 25.7 Å². The maximum Gasteiger partial charge on any atom is 0.191 e. The monoisotopic (exact) mass is 506 g/mol. The third kappa shape index (κ3) is 20.7. The molecule has 0 heterocycles. The first-order valence-corrected chi connectivity index (χ1v) is 14.5. The molecule has 0 amide bonds. The summed E-state index contributed by atoms with van der Waals surface area (Å²) in [6, 6.07) is 0. The van der Waals surface area contributed by atoms with Crippen LogP contribution in [-0.4, -0.2) is 87.0 Å². The maximum absolute atomic E-state index is 12.1. The van der Waals surface area contributed by atoms with Gasteiger partial charge in [0.15, 0.2) is 28.6 Å². The fourth-order valence-corrected chi connectivity index (χ4v) is 4.63. The minimum atomic E-state index is -2.20. The van der Waals surface area contributed by atoms with Gasteiger partial charge in [0.2, 0.25) is 0 Å². The zero-order chi connectivity index (χ0) is 24.2. The van der Waals surface area contributed by atoms with E-state index < -0.39 is 34.7 Å². The molecule has 0 saturated carbocycles. The molecule has 32 heavy (non-hydrogen) atoms. The Morgan fingerprint density at radius 3 is 1.78 bits per heavy atom. The Balaban J connectivity index is 3.77. The molecule has 0 aromatic carbocycles. The SMILES string of the molecule is CCOC(O)COC(CO[PH](=O)CCCCCC[PH](=O)OCC(C)OCC(C)O)OCC. The Morgan fingerprint density at radius 1 is 0.688 bits per heavy atom. The lowest BCUT2D eigenvalue weighted by molar-refractivity contribution is -0.207. The molecule has 0 spiro atoms. The molecular formula is C20H44O10P2. The zero-order valence-corrected chi connectivity index (χ0v) is 22.0. The predicted molar refractivity (Wildman–Crippen MR) is 124 cm³/mol. The van der Waals surface area contributed by atoms with Crippen LogP contribution in [0.15, 0.2) is 0 Å². The van der Waals surface area contributed by atoms with Crippen LogP contribution in [0.4, 0.5) is 0 Å². The van der Waals surface area contributed by atoms with Crippen LogP contribution in [0.2, 0.25) is 0 Å². The number of aliphatic hydroxyl groups excluding tert-OH is 2. The largest absolute Gasteiger partial charge is 0.391 e. The quantitative estimate of drug-likeness (QED) is 0.121. The van der Waals surface area contributed by atoms with Crippen LogP contribution in [0.3, 0.4) is 0 Å². The lowest BCUT2D eigenvalue weighted by Crippen LogP contribution is -2.28. The Bertz CT molecular complexity index is 481. The van der Waals surface area contributed by atoms with Crippen molar-refractivity contribution in [3.05, 3.63) is 0 Å². The molecule has 0 bridgehead atoms. The molecule has 12 heteroatoms. The Kier molecular flexibility index (Phi) is 21.8. The van der Waals surface area contributed by atoms with Gasteiger partial charge in [0.1, 0.15) is 13.2 Å². The second-order valence-corrected chi connectivity index (χ2v) is 10.5. The van der Waals surface area contributed by atoms with Gasteiger partial charge in [-0.25, -0.2) is 0 Å².